The topological polar surface area (TPSA) is 59.6 Å². The molecule has 2 fully saturated rings. The van der Waals surface area contributed by atoms with Crippen LogP contribution in [0.1, 0.15) is 32.6 Å². The average molecular weight is 256 g/mol. The van der Waals surface area contributed by atoms with Crippen LogP contribution in [0.25, 0.3) is 0 Å². The lowest BCUT2D eigenvalue weighted by Gasteiger charge is -2.34. The smallest absolute Gasteiger partial charge is 0.246 e. The lowest BCUT2D eigenvalue weighted by molar-refractivity contribution is -0.134. The summed E-state index contributed by atoms with van der Waals surface area (Å²) < 4.78 is 11.0. The summed E-state index contributed by atoms with van der Waals surface area (Å²) in [5.41, 5.74) is -0.189. The van der Waals surface area contributed by atoms with Gasteiger partial charge in [-0.1, -0.05) is 0 Å². The molecule has 0 aliphatic carbocycles. The molecule has 5 heteroatoms. The second-order valence-corrected chi connectivity index (χ2v) is 5.47. The summed E-state index contributed by atoms with van der Waals surface area (Å²) in [6.45, 7) is 5.60. The van der Waals surface area contributed by atoms with E-state index in [4.69, 9.17) is 9.47 Å². The van der Waals surface area contributed by atoms with Crippen LogP contribution < -0.4 is 10.6 Å². The van der Waals surface area contributed by atoms with Crippen LogP contribution in [0.4, 0.5) is 0 Å². The maximum absolute atomic E-state index is 11.8. The van der Waals surface area contributed by atoms with Crippen molar-refractivity contribution in [2.75, 3.05) is 32.9 Å². The number of carbonyl (C=O) groups is 1. The van der Waals surface area contributed by atoms with E-state index in [1.807, 2.05) is 0 Å². The minimum absolute atomic E-state index is 0.00583. The fraction of sp³-hybridized carbons (Fsp3) is 0.923. The van der Waals surface area contributed by atoms with Gasteiger partial charge in [-0.3, -0.25) is 4.79 Å². The summed E-state index contributed by atoms with van der Waals surface area (Å²) in [6.07, 6.45) is 3.94. The van der Waals surface area contributed by atoms with Crippen LogP contribution in [0.5, 0.6) is 0 Å². The van der Waals surface area contributed by atoms with Crippen molar-refractivity contribution in [3.05, 3.63) is 0 Å². The minimum Gasteiger partial charge on any atom is -0.381 e. The number of carbonyl (C=O) groups excluding carboxylic acids is 1. The van der Waals surface area contributed by atoms with Crippen molar-refractivity contribution in [3.8, 4) is 0 Å². The highest BCUT2D eigenvalue weighted by molar-refractivity contribution is 5.77. The molecule has 1 unspecified atom stereocenters. The van der Waals surface area contributed by atoms with E-state index in [1.54, 1.807) is 0 Å². The van der Waals surface area contributed by atoms with Gasteiger partial charge in [-0.25, -0.2) is 0 Å². The molecule has 2 aliphatic rings. The third-order valence-corrected chi connectivity index (χ3v) is 3.70. The van der Waals surface area contributed by atoms with Gasteiger partial charge in [0.1, 0.15) is 6.61 Å². The molecule has 0 bridgehead atoms. The Bertz CT molecular complexity index is 271. The molecule has 0 aromatic heterocycles. The molecular weight excluding hydrogens is 232 g/mol. The van der Waals surface area contributed by atoms with Crippen LogP contribution in [0.15, 0.2) is 0 Å². The zero-order valence-electron chi connectivity index (χ0n) is 11.2. The molecule has 2 heterocycles. The zero-order chi connectivity index (χ0) is 12.8. The van der Waals surface area contributed by atoms with Gasteiger partial charge >= 0.3 is 0 Å². The van der Waals surface area contributed by atoms with Gasteiger partial charge in [-0.05, 0) is 39.2 Å². The van der Waals surface area contributed by atoms with Gasteiger partial charge in [0.2, 0.25) is 5.91 Å². The summed E-state index contributed by atoms with van der Waals surface area (Å²) in [4.78, 5) is 11.8. The average Bonchev–Trinajstić information content (AvgIpc) is 2.39. The fourth-order valence-electron chi connectivity index (χ4n) is 2.50. The van der Waals surface area contributed by atoms with Crippen molar-refractivity contribution in [3.63, 3.8) is 0 Å². The van der Waals surface area contributed by atoms with Gasteiger partial charge in [0.15, 0.2) is 0 Å². The Morgan fingerprint density at radius 1 is 1.50 bits per heavy atom. The molecule has 2 aliphatic heterocycles. The van der Waals surface area contributed by atoms with E-state index >= 15 is 0 Å². The standard InChI is InChI=1S/C13H24N2O3/c1-13(5-2-6-14-10-13)18-9-12(16)15-11-3-7-17-8-4-11/h11,14H,2-10H2,1H3,(H,15,16). The molecule has 1 amide bonds. The largest absolute Gasteiger partial charge is 0.381 e. The molecule has 104 valence electrons. The van der Waals surface area contributed by atoms with E-state index in [9.17, 15) is 4.79 Å². The van der Waals surface area contributed by atoms with E-state index in [1.165, 1.54) is 0 Å². The molecule has 0 saturated carbocycles. The third-order valence-electron chi connectivity index (χ3n) is 3.70. The minimum atomic E-state index is -0.189. The summed E-state index contributed by atoms with van der Waals surface area (Å²) in [7, 11) is 0. The quantitative estimate of drug-likeness (QED) is 0.766. The van der Waals surface area contributed by atoms with Gasteiger partial charge < -0.3 is 20.1 Å². The normalized spacial score (nSPS) is 30.1. The first kappa shape index (κ1) is 13.8. The summed E-state index contributed by atoms with van der Waals surface area (Å²) >= 11 is 0. The molecule has 18 heavy (non-hydrogen) atoms. The number of piperidine rings is 1. The molecule has 5 nitrogen and oxygen atoms in total. The van der Waals surface area contributed by atoms with Gasteiger partial charge in [0.25, 0.3) is 0 Å². The fourth-order valence-corrected chi connectivity index (χ4v) is 2.50. The second-order valence-electron chi connectivity index (χ2n) is 5.47. The van der Waals surface area contributed by atoms with E-state index in [0.29, 0.717) is 0 Å². The lowest BCUT2D eigenvalue weighted by atomic mass is 9.96. The van der Waals surface area contributed by atoms with Crippen molar-refractivity contribution in [2.24, 2.45) is 0 Å². The number of hydrogen-bond acceptors (Lipinski definition) is 4. The Balaban J connectivity index is 1.67. The highest BCUT2D eigenvalue weighted by Gasteiger charge is 2.28. The van der Waals surface area contributed by atoms with Gasteiger partial charge in [-0.15, -0.1) is 0 Å². The van der Waals surface area contributed by atoms with E-state index in [2.05, 4.69) is 17.6 Å². The summed E-state index contributed by atoms with van der Waals surface area (Å²) in [5.74, 6) is -0.00583. The molecular formula is C13H24N2O3. The summed E-state index contributed by atoms with van der Waals surface area (Å²) in [6, 6.07) is 0.257. The van der Waals surface area contributed by atoms with Gasteiger partial charge in [0.05, 0.1) is 5.60 Å². The maximum Gasteiger partial charge on any atom is 0.246 e. The Labute approximate surface area is 109 Å². The molecule has 2 N–H and O–H groups in total. The number of amides is 1. The van der Waals surface area contributed by atoms with Crippen LogP contribution in [0.2, 0.25) is 0 Å². The van der Waals surface area contributed by atoms with E-state index < -0.39 is 0 Å². The van der Waals surface area contributed by atoms with Crippen molar-refractivity contribution in [1.29, 1.82) is 0 Å². The Morgan fingerprint density at radius 3 is 2.94 bits per heavy atom. The number of ether oxygens (including phenoxy) is 2. The molecule has 0 aromatic carbocycles. The molecule has 1 atom stereocenters. The molecule has 0 aromatic rings. The first-order chi connectivity index (χ1) is 8.68. The number of nitrogens with one attached hydrogen (secondary N) is 2. The van der Waals surface area contributed by atoms with Crippen LogP contribution in [0.3, 0.4) is 0 Å². The maximum atomic E-state index is 11.8. The Morgan fingerprint density at radius 2 is 2.28 bits per heavy atom. The van der Waals surface area contributed by atoms with Gasteiger partial charge in [-0.2, -0.15) is 0 Å². The number of hydrogen-bond donors (Lipinski definition) is 2. The first-order valence-electron chi connectivity index (χ1n) is 6.90. The van der Waals surface area contributed by atoms with Crippen LogP contribution in [0, 0.1) is 0 Å². The van der Waals surface area contributed by atoms with Crippen molar-refractivity contribution >= 4 is 5.91 Å². The molecule has 2 saturated heterocycles. The Kier molecular flexibility index (Phi) is 4.97. The third kappa shape index (κ3) is 4.23. The molecule has 0 radical (unpaired) electrons. The van der Waals surface area contributed by atoms with Gasteiger partial charge in [0, 0.05) is 25.8 Å². The SMILES string of the molecule is CC1(OCC(=O)NC2CCOCC2)CCCNC1. The number of rotatable bonds is 4. The van der Waals surface area contributed by atoms with Crippen molar-refractivity contribution in [2.45, 2.75) is 44.2 Å². The monoisotopic (exact) mass is 256 g/mol. The summed E-state index contributed by atoms with van der Waals surface area (Å²) in [5, 5.41) is 6.32. The molecule has 0 spiro atoms. The first-order valence-corrected chi connectivity index (χ1v) is 6.90. The predicted octanol–water partition coefficient (Wildman–Crippen LogP) is 0.440. The molecule has 2 rings (SSSR count). The zero-order valence-corrected chi connectivity index (χ0v) is 11.2. The van der Waals surface area contributed by atoms with Crippen molar-refractivity contribution < 1.29 is 14.3 Å². The predicted molar refractivity (Wildman–Crippen MR) is 68.4 cm³/mol. The second kappa shape index (κ2) is 6.50. The lowest BCUT2D eigenvalue weighted by Crippen LogP contribution is -2.48. The highest BCUT2D eigenvalue weighted by atomic mass is 16.5. The Hall–Kier alpha value is -0.650. The van der Waals surface area contributed by atoms with Crippen molar-refractivity contribution in [1.82, 2.24) is 10.6 Å². The van der Waals surface area contributed by atoms with E-state index in [0.717, 1.165) is 52.0 Å². The van der Waals surface area contributed by atoms with Crippen LogP contribution in [-0.2, 0) is 14.3 Å². The van der Waals surface area contributed by atoms with E-state index in [-0.39, 0.29) is 24.2 Å². The van der Waals surface area contributed by atoms with Crippen LogP contribution in [-0.4, -0.2) is 50.5 Å². The highest BCUT2D eigenvalue weighted by Crippen LogP contribution is 2.19. The van der Waals surface area contributed by atoms with Crippen LogP contribution >= 0.6 is 0 Å².